The van der Waals surface area contributed by atoms with E-state index in [1.165, 1.54) is 0 Å². The van der Waals surface area contributed by atoms with Crippen LogP contribution >= 0.6 is 0 Å². The van der Waals surface area contributed by atoms with Crippen LogP contribution in [0.1, 0.15) is 90.0 Å². The van der Waals surface area contributed by atoms with E-state index in [1.807, 2.05) is 50.8 Å². The third kappa shape index (κ3) is 5.66. The van der Waals surface area contributed by atoms with E-state index in [2.05, 4.69) is 47.6 Å². The summed E-state index contributed by atoms with van der Waals surface area (Å²) in [5, 5.41) is 0.509. The van der Waals surface area contributed by atoms with Crippen LogP contribution in [0.2, 0.25) is 0 Å². The molecular weight excluding hydrogens is 633 g/mol. The number of hydrogen-bond donors (Lipinski definition) is 2. The molecular formula is C39H44FN7O3. The topological polar surface area (TPSA) is 112 Å². The lowest BCUT2D eigenvalue weighted by Gasteiger charge is -2.24. The zero-order valence-corrected chi connectivity index (χ0v) is 29.1. The van der Waals surface area contributed by atoms with Crippen molar-refractivity contribution in [1.29, 1.82) is 0 Å². The van der Waals surface area contributed by atoms with Crippen molar-refractivity contribution in [3.63, 3.8) is 0 Å². The number of carbonyl (C=O) groups is 2. The highest BCUT2D eigenvalue weighted by atomic mass is 19.1. The number of fused-ring (bicyclic) bond motifs is 5. The Morgan fingerprint density at radius 1 is 0.840 bits per heavy atom. The minimum absolute atomic E-state index is 0.0526. The predicted molar refractivity (Wildman–Crippen MR) is 189 cm³/mol. The van der Waals surface area contributed by atoms with Crippen molar-refractivity contribution in [2.75, 3.05) is 13.1 Å². The van der Waals surface area contributed by atoms with Crippen LogP contribution in [0.4, 0.5) is 4.39 Å². The van der Waals surface area contributed by atoms with Crippen molar-refractivity contribution >= 4 is 22.7 Å². The minimum atomic E-state index is -0.295. The molecule has 2 saturated heterocycles. The second kappa shape index (κ2) is 12.8. The molecule has 2 atom stereocenters. The molecule has 2 fully saturated rings. The van der Waals surface area contributed by atoms with Gasteiger partial charge in [0.15, 0.2) is 12.5 Å². The minimum Gasteiger partial charge on any atom is -0.472 e. The number of halogens is 1. The molecule has 5 aromatic rings. The lowest BCUT2D eigenvalue weighted by molar-refractivity contribution is -0.133. The molecule has 10 nitrogen and oxygen atoms in total. The summed E-state index contributed by atoms with van der Waals surface area (Å²) in [5.41, 5.74) is 5.27. The fraction of sp³-hybridized carbons (Fsp3) is 0.436. The van der Waals surface area contributed by atoms with Gasteiger partial charge in [0.1, 0.15) is 17.4 Å². The van der Waals surface area contributed by atoms with Crippen LogP contribution in [0.5, 0.6) is 5.75 Å². The number of nitrogens with one attached hydrogen (secondary N) is 2. The summed E-state index contributed by atoms with van der Waals surface area (Å²) in [6.45, 7) is 9.93. The lowest BCUT2D eigenvalue weighted by atomic mass is 10.0. The van der Waals surface area contributed by atoms with Crippen molar-refractivity contribution in [3.8, 4) is 39.5 Å². The maximum Gasteiger partial charge on any atom is 0.223 e. The first-order valence-electron chi connectivity index (χ1n) is 17.9. The van der Waals surface area contributed by atoms with Gasteiger partial charge < -0.3 is 29.1 Å². The number of imidazole rings is 2. The number of amides is 2. The van der Waals surface area contributed by atoms with Gasteiger partial charge in [-0.3, -0.25) is 9.59 Å². The smallest absolute Gasteiger partial charge is 0.223 e. The van der Waals surface area contributed by atoms with Gasteiger partial charge in [0.25, 0.3) is 0 Å². The summed E-state index contributed by atoms with van der Waals surface area (Å²) in [6, 6.07) is 11.4. The number of benzene rings is 2. The van der Waals surface area contributed by atoms with Gasteiger partial charge in [-0.05, 0) is 61.8 Å². The molecule has 0 unspecified atom stereocenters. The first kappa shape index (κ1) is 32.3. The van der Waals surface area contributed by atoms with E-state index in [-0.39, 0.29) is 36.4 Å². The van der Waals surface area contributed by atoms with Crippen molar-refractivity contribution in [1.82, 2.24) is 34.3 Å². The van der Waals surface area contributed by atoms with Gasteiger partial charge in [0.2, 0.25) is 11.8 Å². The van der Waals surface area contributed by atoms with Crippen LogP contribution in [-0.4, -0.2) is 59.2 Å². The molecule has 2 aromatic carbocycles. The van der Waals surface area contributed by atoms with E-state index >= 15 is 4.39 Å². The van der Waals surface area contributed by atoms with Crippen LogP contribution in [0.15, 0.2) is 48.8 Å². The average Bonchev–Trinajstić information content (AvgIpc) is 3.93. The summed E-state index contributed by atoms with van der Waals surface area (Å²) >= 11 is 0. The number of carbonyl (C=O) groups excluding carboxylic acids is 2. The van der Waals surface area contributed by atoms with Crippen molar-refractivity contribution in [3.05, 3.63) is 66.3 Å². The molecule has 260 valence electrons. The Morgan fingerprint density at radius 2 is 1.40 bits per heavy atom. The molecule has 3 aliphatic heterocycles. The molecule has 3 aromatic heterocycles. The molecule has 3 aliphatic rings. The van der Waals surface area contributed by atoms with Crippen molar-refractivity contribution in [2.45, 2.75) is 85.0 Å². The van der Waals surface area contributed by atoms with Gasteiger partial charge >= 0.3 is 0 Å². The molecule has 0 saturated carbocycles. The summed E-state index contributed by atoms with van der Waals surface area (Å²) < 4.78 is 24.5. The van der Waals surface area contributed by atoms with Crippen LogP contribution in [0, 0.1) is 17.7 Å². The number of aromatic nitrogens is 5. The largest absolute Gasteiger partial charge is 0.472 e. The number of aromatic amines is 2. The second-order valence-electron chi connectivity index (χ2n) is 14.9. The summed E-state index contributed by atoms with van der Waals surface area (Å²) in [6.07, 6.45) is 8.31. The molecule has 0 aliphatic carbocycles. The van der Waals surface area contributed by atoms with E-state index < -0.39 is 0 Å². The first-order valence-corrected chi connectivity index (χ1v) is 17.9. The maximum atomic E-state index is 16.4. The Bertz CT molecular complexity index is 2090. The monoisotopic (exact) mass is 677 g/mol. The maximum absolute atomic E-state index is 16.4. The summed E-state index contributed by atoms with van der Waals surface area (Å²) in [5.74, 6) is 2.82. The Morgan fingerprint density at radius 3 is 1.98 bits per heavy atom. The molecule has 2 amide bonds. The highest BCUT2D eigenvalue weighted by Gasteiger charge is 2.34. The number of ether oxygens (including phenoxy) is 1. The highest BCUT2D eigenvalue weighted by Crippen LogP contribution is 2.43. The highest BCUT2D eigenvalue weighted by molar-refractivity contribution is 5.93. The van der Waals surface area contributed by atoms with E-state index in [0.717, 1.165) is 78.5 Å². The van der Waals surface area contributed by atoms with E-state index in [1.54, 1.807) is 12.4 Å². The van der Waals surface area contributed by atoms with Crippen molar-refractivity contribution in [2.24, 2.45) is 11.8 Å². The van der Waals surface area contributed by atoms with Crippen molar-refractivity contribution < 1.29 is 18.7 Å². The molecule has 2 N–H and O–H groups in total. The summed E-state index contributed by atoms with van der Waals surface area (Å²) in [4.78, 5) is 45.9. The van der Waals surface area contributed by atoms with Crippen LogP contribution in [-0.2, 0) is 16.3 Å². The van der Waals surface area contributed by atoms with Gasteiger partial charge in [-0.1, -0.05) is 39.8 Å². The number of H-pyrrole nitrogens is 2. The Kier molecular flexibility index (Phi) is 8.23. The van der Waals surface area contributed by atoms with Crippen LogP contribution < -0.4 is 4.74 Å². The Hall–Kier alpha value is -4.93. The third-order valence-electron chi connectivity index (χ3n) is 10.3. The van der Waals surface area contributed by atoms with E-state index in [4.69, 9.17) is 4.74 Å². The average molecular weight is 678 g/mol. The number of likely N-dealkylation sites (tertiary alicyclic amines) is 2. The normalized spacial score (nSPS) is 18.7. The molecule has 0 spiro atoms. The van der Waals surface area contributed by atoms with E-state index in [0.29, 0.717) is 47.1 Å². The van der Waals surface area contributed by atoms with Gasteiger partial charge in [0.05, 0.1) is 47.1 Å². The zero-order chi connectivity index (χ0) is 34.7. The summed E-state index contributed by atoms with van der Waals surface area (Å²) in [7, 11) is 0. The Balaban J connectivity index is 1.05. The SMILES string of the molecule is CC(C)CC(=O)N1CCC[C@H]1c1ncc(-c2ccc3c(c2)OCn2c-3c(F)c3cc(-c4cnc([C@@H]5CCCN5C(=O)CC(C)C)[nH]4)ccc32)[nH]1. The fourth-order valence-electron chi connectivity index (χ4n) is 7.96. The number of hydrogen-bond acceptors (Lipinski definition) is 5. The van der Waals surface area contributed by atoms with Gasteiger partial charge in [-0.15, -0.1) is 0 Å². The molecule has 0 radical (unpaired) electrons. The number of nitrogens with zero attached hydrogens (tertiary/aromatic N) is 5. The standard InChI is InChI=1S/C39H44FN7O3/c1-22(2)15-34(48)45-13-5-7-31(45)38-41-19-28(43-38)24-10-12-30-27(17-24)36(40)37-26-11-9-25(18-33(26)50-21-47(30)37)29-20-42-39(44-29)32-8-6-14-46(32)35(49)16-23(3)4/h9-12,17-20,22-23,31-32H,5-8,13-16,21H2,1-4H3,(H,41,43)(H,42,44)/t31-,32-/m0/s1. The van der Waals surface area contributed by atoms with Crippen LogP contribution in [0.3, 0.4) is 0 Å². The number of rotatable bonds is 8. The molecule has 11 heteroatoms. The molecule has 6 heterocycles. The van der Waals surface area contributed by atoms with Gasteiger partial charge in [-0.2, -0.15) is 0 Å². The quantitative estimate of drug-likeness (QED) is 0.173. The van der Waals surface area contributed by atoms with Gasteiger partial charge in [0, 0.05) is 48.0 Å². The van der Waals surface area contributed by atoms with Crippen LogP contribution in [0.25, 0.3) is 44.7 Å². The molecule has 0 bridgehead atoms. The third-order valence-corrected chi connectivity index (χ3v) is 10.3. The first-order chi connectivity index (χ1) is 24.2. The van der Waals surface area contributed by atoms with E-state index in [9.17, 15) is 9.59 Å². The zero-order valence-electron chi connectivity index (χ0n) is 29.1. The molecule has 50 heavy (non-hydrogen) atoms. The predicted octanol–water partition coefficient (Wildman–Crippen LogP) is 8.00. The fourth-order valence-corrected chi connectivity index (χ4v) is 7.96. The Labute approximate surface area is 291 Å². The second-order valence-corrected chi connectivity index (χ2v) is 14.9. The molecule has 8 rings (SSSR count). The lowest BCUT2D eigenvalue weighted by Crippen LogP contribution is -2.31. The van der Waals surface area contributed by atoms with Gasteiger partial charge in [-0.25, -0.2) is 14.4 Å².